The number of nitrogens with one attached hydrogen (secondary N) is 1. The van der Waals surface area contributed by atoms with Crippen LogP contribution in [0.15, 0.2) is 35.5 Å². The fourth-order valence-electron chi connectivity index (χ4n) is 3.60. The van der Waals surface area contributed by atoms with Crippen molar-refractivity contribution in [2.75, 3.05) is 37.7 Å². The number of aromatic nitrogens is 2. The molecule has 0 bridgehead atoms. The van der Waals surface area contributed by atoms with E-state index in [9.17, 15) is 13.2 Å². The van der Waals surface area contributed by atoms with E-state index in [0.29, 0.717) is 39.3 Å². The first kappa shape index (κ1) is 24.1. The first-order valence-electron chi connectivity index (χ1n) is 11.2. The second-order valence-electron chi connectivity index (χ2n) is 7.78. The predicted molar refractivity (Wildman–Crippen MR) is 124 cm³/mol. The maximum Gasteiger partial charge on any atom is 0.263 e. The maximum absolute atomic E-state index is 13.4. The number of amides is 1. The number of carbonyl (C=O) groups is 1. The molecule has 3 rings (SSSR count). The SMILES string of the molecule is CCOc1ccccc1N1CCN(S(=O)(=O)c2nn(CC)cc2C(=O)NC(C)CC)CC1. The fraction of sp³-hybridized carbons (Fsp3) is 0.545. The molecule has 1 N–H and O–H groups in total. The van der Waals surface area contributed by atoms with E-state index in [-0.39, 0.29) is 16.6 Å². The van der Waals surface area contributed by atoms with Crippen LogP contribution < -0.4 is 15.0 Å². The van der Waals surface area contributed by atoms with Crippen molar-refractivity contribution in [2.24, 2.45) is 0 Å². The lowest BCUT2D eigenvalue weighted by atomic mass is 10.2. The van der Waals surface area contributed by atoms with Gasteiger partial charge in [0, 0.05) is 45.0 Å². The molecule has 32 heavy (non-hydrogen) atoms. The summed E-state index contributed by atoms with van der Waals surface area (Å²) in [5.41, 5.74) is 1.05. The first-order chi connectivity index (χ1) is 15.3. The van der Waals surface area contributed by atoms with Crippen LogP contribution in [0.1, 0.15) is 44.5 Å². The first-order valence-corrected chi connectivity index (χ1v) is 12.6. The Morgan fingerprint density at radius 3 is 2.47 bits per heavy atom. The molecule has 1 atom stereocenters. The summed E-state index contributed by atoms with van der Waals surface area (Å²) in [5, 5.41) is 6.91. The maximum atomic E-state index is 13.4. The number of benzene rings is 1. The van der Waals surface area contributed by atoms with Crippen molar-refractivity contribution in [3.05, 3.63) is 36.0 Å². The molecule has 176 valence electrons. The quantitative estimate of drug-likeness (QED) is 0.613. The number of nitrogens with zero attached hydrogens (tertiary/aromatic N) is 4. The van der Waals surface area contributed by atoms with Gasteiger partial charge in [-0.15, -0.1) is 0 Å². The van der Waals surface area contributed by atoms with Gasteiger partial charge in [0.2, 0.25) is 5.03 Å². The molecule has 1 saturated heterocycles. The molecular weight excluding hydrogens is 430 g/mol. The summed E-state index contributed by atoms with van der Waals surface area (Å²) in [4.78, 5) is 14.9. The van der Waals surface area contributed by atoms with E-state index in [2.05, 4.69) is 15.3 Å². The summed E-state index contributed by atoms with van der Waals surface area (Å²) in [7, 11) is -3.91. The van der Waals surface area contributed by atoms with Gasteiger partial charge >= 0.3 is 0 Å². The molecule has 1 unspecified atom stereocenters. The summed E-state index contributed by atoms with van der Waals surface area (Å²) in [6.07, 6.45) is 2.26. The summed E-state index contributed by atoms with van der Waals surface area (Å²) in [6, 6.07) is 7.71. The fourth-order valence-corrected chi connectivity index (χ4v) is 5.12. The third-order valence-electron chi connectivity index (χ3n) is 5.61. The minimum Gasteiger partial charge on any atom is -0.492 e. The lowest BCUT2D eigenvalue weighted by Gasteiger charge is -2.35. The number of para-hydroxylation sites is 2. The van der Waals surface area contributed by atoms with Gasteiger partial charge in [0.05, 0.1) is 17.9 Å². The molecule has 0 radical (unpaired) electrons. The van der Waals surface area contributed by atoms with Gasteiger partial charge < -0.3 is 15.0 Å². The van der Waals surface area contributed by atoms with E-state index in [4.69, 9.17) is 4.74 Å². The molecule has 1 aliphatic rings. The molecule has 0 aliphatic carbocycles. The molecule has 0 spiro atoms. The molecule has 2 heterocycles. The summed E-state index contributed by atoms with van der Waals surface area (Å²) < 4.78 is 35.5. The Balaban J connectivity index is 1.80. The van der Waals surface area contributed by atoms with Gasteiger partial charge in [-0.2, -0.15) is 9.40 Å². The Bertz CT molecular complexity index is 1030. The Morgan fingerprint density at radius 1 is 1.16 bits per heavy atom. The number of rotatable bonds is 9. The average Bonchev–Trinajstić information content (AvgIpc) is 3.25. The van der Waals surface area contributed by atoms with E-state index in [1.54, 1.807) is 0 Å². The number of aryl methyl sites for hydroxylation is 1. The monoisotopic (exact) mass is 463 g/mol. The van der Waals surface area contributed by atoms with Crippen molar-refractivity contribution >= 4 is 21.6 Å². The van der Waals surface area contributed by atoms with Gasteiger partial charge in [-0.05, 0) is 39.3 Å². The smallest absolute Gasteiger partial charge is 0.263 e. The van der Waals surface area contributed by atoms with Gasteiger partial charge in [-0.1, -0.05) is 19.1 Å². The minimum atomic E-state index is -3.91. The van der Waals surface area contributed by atoms with Crippen LogP contribution in [0.5, 0.6) is 5.75 Å². The van der Waals surface area contributed by atoms with E-state index < -0.39 is 15.9 Å². The Labute approximate surface area is 190 Å². The number of hydrogen-bond acceptors (Lipinski definition) is 6. The lowest BCUT2D eigenvalue weighted by Crippen LogP contribution is -2.49. The van der Waals surface area contributed by atoms with Crippen LogP contribution in [0.4, 0.5) is 5.69 Å². The number of carbonyl (C=O) groups excluding carboxylic acids is 1. The molecule has 1 fully saturated rings. The summed E-state index contributed by atoms with van der Waals surface area (Å²) in [6.45, 7) is 10.3. The van der Waals surface area contributed by atoms with Crippen LogP contribution in [0.25, 0.3) is 0 Å². The lowest BCUT2D eigenvalue weighted by molar-refractivity contribution is 0.0935. The van der Waals surface area contributed by atoms with Crippen molar-refractivity contribution in [3.63, 3.8) is 0 Å². The van der Waals surface area contributed by atoms with Crippen LogP contribution in [0, 0.1) is 0 Å². The van der Waals surface area contributed by atoms with E-state index >= 15 is 0 Å². The second-order valence-corrected chi connectivity index (χ2v) is 9.63. The van der Waals surface area contributed by atoms with Crippen molar-refractivity contribution in [2.45, 2.75) is 51.7 Å². The molecule has 1 aromatic carbocycles. The Morgan fingerprint density at radius 2 is 1.84 bits per heavy atom. The van der Waals surface area contributed by atoms with Crippen molar-refractivity contribution in [3.8, 4) is 5.75 Å². The van der Waals surface area contributed by atoms with E-state index in [0.717, 1.165) is 17.9 Å². The molecule has 0 saturated carbocycles. The molecule has 2 aromatic rings. The highest BCUT2D eigenvalue weighted by Crippen LogP contribution is 2.30. The third kappa shape index (κ3) is 5.07. The van der Waals surface area contributed by atoms with Crippen LogP contribution in [0.2, 0.25) is 0 Å². The average molecular weight is 464 g/mol. The van der Waals surface area contributed by atoms with Gasteiger partial charge in [-0.3, -0.25) is 9.48 Å². The normalized spacial score (nSPS) is 16.1. The molecule has 10 heteroatoms. The van der Waals surface area contributed by atoms with Gasteiger partial charge in [-0.25, -0.2) is 8.42 Å². The zero-order valence-corrected chi connectivity index (χ0v) is 20.1. The van der Waals surface area contributed by atoms with Crippen molar-refractivity contribution in [1.29, 1.82) is 0 Å². The molecule has 9 nitrogen and oxygen atoms in total. The highest BCUT2D eigenvalue weighted by Gasteiger charge is 2.35. The molecule has 1 aromatic heterocycles. The van der Waals surface area contributed by atoms with E-state index in [1.165, 1.54) is 15.2 Å². The molecular formula is C22H33N5O4S. The zero-order valence-electron chi connectivity index (χ0n) is 19.2. The number of hydrogen-bond donors (Lipinski definition) is 1. The largest absolute Gasteiger partial charge is 0.492 e. The van der Waals surface area contributed by atoms with Gasteiger partial charge in [0.25, 0.3) is 15.9 Å². The summed E-state index contributed by atoms with van der Waals surface area (Å²) in [5.74, 6) is 0.374. The topological polar surface area (TPSA) is 96.8 Å². The van der Waals surface area contributed by atoms with Crippen LogP contribution >= 0.6 is 0 Å². The number of anilines is 1. The number of ether oxygens (including phenoxy) is 1. The zero-order chi connectivity index (χ0) is 23.3. The number of sulfonamides is 1. The molecule has 1 aliphatic heterocycles. The third-order valence-corrected chi connectivity index (χ3v) is 7.45. The Kier molecular flexibility index (Phi) is 7.78. The van der Waals surface area contributed by atoms with Crippen LogP contribution in [0.3, 0.4) is 0 Å². The Hall–Kier alpha value is -2.59. The standard InChI is InChI=1S/C22H33N5O4S/c1-5-17(4)23-21(28)18-16-26(6-2)24-22(18)32(29,30)27-14-12-25(13-15-27)19-10-8-9-11-20(19)31-7-3/h8-11,16-17H,5-7,12-15H2,1-4H3,(H,23,28). The second kappa shape index (κ2) is 10.4. The minimum absolute atomic E-state index is 0.0583. The predicted octanol–water partition coefficient (Wildman–Crippen LogP) is 2.34. The highest BCUT2D eigenvalue weighted by molar-refractivity contribution is 7.89. The van der Waals surface area contributed by atoms with Crippen molar-refractivity contribution < 1.29 is 17.9 Å². The molecule has 1 amide bonds. The number of piperazine rings is 1. The van der Waals surface area contributed by atoms with E-state index in [1.807, 2.05) is 52.0 Å². The highest BCUT2D eigenvalue weighted by atomic mass is 32.2. The van der Waals surface area contributed by atoms with Crippen LogP contribution in [-0.4, -0.2) is 67.2 Å². The summed E-state index contributed by atoms with van der Waals surface area (Å²) >= 11 is 0. The van der Waals surface area contributed by atoms with Crippen LogP contribution in [-0.2, 0) is 16.6 Å². The van der Waals surface area contributed by atoms with Crippen molar-refractivity contribution in [1.82, 2.24) is 19.4 Å². The van der Waals surface area contributed by atoms with Gasteiger partial charge in [0.1, 0.15) is 5.75 Å². The van der Waals surface area contributed by atoms with Gasteiger partial charge in [0.15, 0.2) is 0 Å².